The van der Waals surface area contributed by atoms with Crippen LogP contribution in [-0.2, 0) is 11.2 Å². The van der Waals surface area contributed by atoms with Crippen LogP contribution in [0, 0.1) is 0 Å². The van der Waals surface area contributed by atoms with Crippen molar-refractivity contribution in [3.05, 3.63) is 83.9 Å². The number of hydrogen-bond acceptors (Lipinski definition) is 3. The van der Waals surface area contributed by atoms with E-state index in [1.165, 1.54) is 0 Å². The number of anilines is 1. The van der Waals surface area contributed by atoms with Crippen LogP contribution in [0.2, 0.25) is 0 Å². The molecule has 0 unspecified atom stereocenters. The number of fused-ring (bicyclic) bond motifs is 1. The number of benzene rings is 3. The number of H-pyrrole nitrogens is 1. The minimum atomic E-state index is -0.0637. The van der Waals surface area contributed by atoms with Gasteiger partial charge in [0.25, 0.3) is 0 Å². The van der Waals surface area contributed by atoms with Crippen molar-refractivity contribution in [1.82, 2.24) is 10.2 Å². The van der Waals surface area contributed by atoms with Gasteiger partial charge in [-0.1, -0.05) is 60.7 Å². The standard InChI is InChI=1S/C24H21N3O2/c1-16(28)18-8-10-19(11-9-18)20-12-13-21-22(15-20)26-27-24(21)25-23(29)14-7-17-5-3-2-4-6-17/h2-6,8-13,15H,7,14H2,1H3,(H2,25,26,27,29). The number of amides is 1. The molecule has 0 spiro atoms. The minimum absolute atomic E-state index is 0.0493. The molecule has 5 nitrogen and oxygen atoms in total. The smallest absolute Gasteiger partial charge is 0.225 e. The number of hydrogen-bond donors (Lipinski definition) is 2. The highest BCUT2D eigenvalue weighted by atomic mass is 16.1. The molecule has 144 valence electrons. The second-order valence-corrected chi connectivity index (χ2v) is 7.00. The molecule has 0 saturated heterocycles. The SMILES string of the molecule is CC(=O)c1ccc(-c2ccc3c(NC(=O)CCc4ccccc4)n[nH]c3c2)cc1. The zero-order valence-corrected chi connectivity index (χ0v) is 16.1. The molecule has 0 radical (unpaired) electrons. The van der Waals surface area contributed by atoms with Gasteiger partial charge in [0.2, 0.25) is 5.91 Å². The molecule has 3 aromatic carbocycles. The van der Waals surface area contributed by atoms with E-state index >= 15 is 0 Å². The Morgan fingerprint density at radius 2 is 1.66 bits per heavy atom. The van der Waals surface area contributed by atoms with Gasteiger partial charge in [-0.2, -0.15) is 5.10 Å². The molecule has 5 heteroatoms. The first kappa shape index (κ1) is 18.6. The van der Waals surface area contributed by atoms with Crippen molar-refractivity contribution in [2.75, 3.05) is 5.32 Å². The van der Waals surface area contributed by atoms with Crippen LogP contribution in [0.4, 0.5) is 5.82 Å². The molecule has 1 amide bonds. The van der Waals surface area contributed by atoms with Crippen molar-refractivity contribution in [3.63, 3.8) is 0 Å². The third-order valence-electron chi connectivity index (χ3n) is 4.93. The van der Waals surface area contributed by atoms with E-state index in [1.807, 2.05) is 72.8 Å². The second-order valence-electron chi connectivity index (χ2n) is 7.00. The monoisotopic (exact) mass is 383 g/mol. The van der Waals surface area contributed by atoms with Crippen LogP contribution in [0.5, 0.6) is 0 Å². The second kappa shape index (κ2) is 8.10. The Hall–Kier alpha value is -3.73. The average molecular weight is 383 g/mol. The summed E-state index contributed by atoms with van der Waals surface area (Å²) in [4.78, 5) is 23.7. The predicted octanol–water partition coefficient (Wildman–Crippen LogP) is 5.00. The van der Waals surface area contributed by atoms with Gasteiger partial charge in [-0.05, 0) is 42.2 Å². The number of nitrogens with one attached hydrogen (secondary N) is 2. The van der Waals surface area contributed by atoms with Gasteiger partial charge in [-0.15, -0.1) is 0 Å². The normalized spacial score (nSPS) is 10.8. The quantitative estimate of drug-likeness (QED) is 0.460. The molecule has 4 rings (SSSR count). The molecule has 0 aliphatic carbocycles. The third-order valence-corrected chi connectivity index (χ3v) is 4.93. The molecule has 2 N–H and O–H groups in total. The number of ketones is 1. The number of Topliss-reactive ketones (excluding diaryl/α,β-unsaturated/α-hetero) is 1. The Balaban J connectivity index is 1.48. The maximum Gasteiger partial charge on any atom is 0.225 e. The first-order valence-electron chi connectivity index (χ1n) is 9.53. The van der Waals surface area contributed by atoms with E-state index in [0.717, 1.165) is 27.6 Å². The first-order chi connectivity index (χ1) is 14.1. The van der Waals surface area contributed by atoms with Crippen LogP contribution >= 0.6 is 0 Å². The van der Waals surface area contributed by atoms with E-state index in [9.17, 15) is 9.59 Å². The lowest BCUT2D eigenvalue weighted by atomic mass is 10.0. The Bertz CT molecular complexity index is 1160. The molecular formula is C24H21N3O2. The maximum absolute atomic E-state index is 12.3. The number of aryl methyl sites for hydroxylation is 1. The van der Waals surface area contributed by atoms with Crippen LogP contribution in [0.1, 0.15) is 29.3 Å². The Morgan fingerprint density at radius 1 is 0.931 bits per heavy atom. The van der Waals surface area contributed by atoms with E-state index in [2.05, 4.69) is 15.5 Å². The summed E-state index contributed by atoms with van der Waals surface area (Å²) in [6.07, 6.45) is 1.09. The maximum atomic E-state index is 12.3. The zero-order valence-electron chi connectivity index (χ0n) is 16.1. The van der Waals surface area contributed by atoms with Crippen molar-refractivity contribution in [2.45, 2.75) is 19.8 Å². The van der Waals surface area contributed by atoms with Crippen molar-refractivity contribution >= 4 is 28.4 Å². The molecular weight excluding hydrogens is 362 g/mol. The first-order valence-corrected chi connectivity index (χ1v) is 9.53. The van der Waals surface area contributed by atoms with Crippen LogP contribution in [-0.4, -0.2) is 21.9 Å². The van der Waals surface area contributed by atoms with Crippen LogP contribution in [0.25, 0.3) is 22.0 Å². The summed E-state index contributed by atoms with van der Waals surface area (Å²) < 4.78 is 0. The summed E-state index contributed by atoms with van der Waals surface area (Å²) in [6, 6.07) is 23.4. The van der Waals surface area contributed by atoms with Crippen LogP contribution < -0.4 is 5.32 Å². The Labute approximate surface area is 168 Å². The number of aromatic nitrogens is 2. The molecule has 0 aliphatic heterocycles. The highest BCUT2D eigenvalue weighted by Crippen LogP contribution is 2.27. The molecule has 1 heterocycles. The highest BCUT2D eigenvalue weighted by molar-refractivity contribution is 6.00. The number of nitrogens with zero attached hydrogens (tertiary/aromatic N) is 1. The molecule has 0 bridgehead atoms. The lowest BCUT2D eigenvalue weighted by Gasteiger charge is -2.05. The van der Waals surface area contributed by atoms with Crippen molar-refractivity contribution in [2.24, 2.45) is 0 Å². The molecule has 0 saturated carbocycles. The van der Waals surface area contributed by atoms with E-state index < -0.39 is 0 Å². The molecule has 29 heavy (non-hydrogen) atoms. The highest BCUT2D eigenvalue weighted by Gasteiger charge is 2.11. The number of carbonyl (C=O) groups excluding carboxylic acids is 2. The molecule has 4 aromatic rings. The van der Waals surface area contributed by atoms with E-state index in [0.29, 0.717) is 24.2 Å². The summed E-state index contributed by atoms with van der Waals surface area (Å²) >= 11 is 0. The summed E-state index contributed by atoms with van der Waals surface area (Å²) in [5.74, 6) is 0.524. The van der Waals surface area contributed by atoms with Crippen LogP contribution in [0.3, 0.4) is 0 Å². The topological polar surface area (TPSA) is 74.8 Å². The van der Waals surface area contributed by atoms with Gasteiger partial charge in [0, 0.05) is 17.4 Å². The fourth-order valence-electron chi connectivity index (χ4n) is 3.29. The predicted molar refractivity (Wildman–Crippen MR) is 115 cm³/mol. The Kier molecular flexibility index (Phi) is 5.20. The fraction of sp³-hybridized carbons (Fsp3) is 0.125. The van der Waals surface area contributed by atoms with Crippen LogP contribution in [0.15, 0.2) is 72.8 Å². The molecule has 0 fully saturated rings. The zero-order chi connectivity index (χ0) is 20.2. The molecule has 0 atom stereocenters. The number of aromatic amines is 1. The molecule has 1 aromatic heterocycles. The van der Waals surface area contributed by atoms with E-state index in [-0.39, 0.29) is 11.7 Å². The summed E-state index contributed by atoms with van der Waals surface area (Å²) in [5.41, 5.74) is 4.70. The lowest BCUT2D eigenvalue weighted by molar-refractivity contribution is -0.116. The van der Waals surface area contributed by atoms with Crippen molar-refractivity contribution in [3.8, 4) is 11.1 Å². The van der Waals surface area contributed by atoms with Gasteiger partial charge >= 0.3 is 0 Å². The lowest BCUT2D eigenvalue weighted by Crippen LogP contribution is -2.12. The van der Waals surface area contributed by atoms with Gasteiger partial charge in [-0.3, -0.25) is 14.7 Å². The van der Waals surface area contributed by atoms with Gasteiger partial charge in [0.15, 0.2) is 11.6 Å². The average Bonchev–Trinajstić information content (AvgIpc) is 3.15. The fourth-order valence-corrected chi connectivity index (χ4v) is 3.29. The van der Waals surface area contributed by atoms with Gasteiger partial charge < -0.3 is 5.32 Å². The largest absolute Gasteiger partial charge is 0.309 e. The minimum Gasteiger partial charge on any atom is -0.309 e. The Morgan fingerprint density at radius 3 is 2.38 bits per heavy atom. The summed E-state index contributed by atoms with van der Waals surface area (Å²) in [6.45, 7) is 1.56. The number of carbonyl (C=O) groups is 2. The summed E-state index contributed by atoms with van der Waals surface area (Å²) in [5, 5.41) is 11.0. The molecule has 0 aliphatic rings. The summed E-state index contributed by atoms with van der Waals surface area (Å²) in [7, 11) is 0. The van der Waals surface area contributed by atoms with Crippen molar-refractivity contribution in [1.29, 1.82) is 0 Å². The van der Waals surface area contributed by atoms with E-state index in [1.54, 1.807) is 6.92 Å². The van der Waals surface area contributed by atoms with Gasteiger partial charge in [0.05, 0.1) is 5.52 Å². The van der Waals surface area contributed by atoms with E-state index in [4.69, 9.17) is 0 Å². The van der Waals surface area contributed by atoms with Crippen molar-refractivity contribution < 1.29 is 9.59 Å². The van der Waals surface area contributed by atoms with Gasteiger partial charge in [-0.25, -0.2) is 0 Å². The van der Waals surface area contributed by atoms with Gasteiger partial charge in [0.1, 0.15) is 0 Å². The number of rotatable bonds is 6. The third kappa shape index (κ3) is 4.24.